The standard InChI is InChI=1S/C25H30F2N2O3/c1-25(2,3)32-24(31)16-28(4)15-23(30)29-13-5-6-20(17-7-9-18(26)10-8-17)21-12-11-19(27)14-22(21)29/h7-12,14,20H,5-6,13,15-16H2,1-4H3/t20-/m1/s1. The van der Waals surface area contributed by atoms with Gasteiger partial charge in [0, 0.05) is 12.5 Å². The molecule has 0 radical (unpaired) electrons. The number of halogens is 2. The van der Waals surface area contributed by atoms with Gasteiger partial charge < -0.3 is 9.64 Å². The number of hydrogen-bond acceptors (Lipinski definition) is 4. The van der Waals surface area contributed by atoms with Gasteiger partial charge >= 0.3 is 5.97 Å². The summed E-state index contributed by atoms with van der Waals surface area (Å²) in [5.41, 5.74) is 1.68. The largest absolute Gasteiger partial charge is 0.459 e. The van der Waals surface area contributed by atoms with Gasteiger partial charge in [0.15, 0.2) is 0 Å². The van der Waals surface area contributed by atoms with Gasteiger partial charge in [-0.15, -0.1) is 0 Å². The number of hydrogen-bond donors (Lipinski definition) is 0. The van der Waals surface area contributed by atoms with Crippen LogP contribution in [-0.2, 0) is 14.3 Å². The second-order valence-corrected chi connectivity index (χ2v) is 9.25. The predicted molar refractivity (Wildman–Crippen MR) is 120 cm³/mol. The highest BCUT2D eigenvalue weighted by Gasteiger charge is 2.29. The van der Waals surface area contributed by atoms with Gasteiger partial charge in [-0.2, -0.15) is 0 Å². The number of carbonyl (C=O) groups excluding carboxylic acids is 2. The molecule has 0 N–H and O–H groups in total. The second kappa shape index (κ2) is 9.77. The predicted octanol–water partition coefficient (Wildman–Crippen LogP) is 4.50. The number of carbonyl (C=O) groups is 2. The van der Waals surface area contributed by atoms with Crippen LogP contribution in [0.15, 0.2) is 42.5 Å². The summed E-state index contributed by atoms with van der Waals surface area (Å²) in [6, 6.07) is 10.8. The summed E-state index contributed by atoms with van der Waals surface area (Å²) in [6.45, 7) is 5.78. The highest BCUT2D eigenvalue weighted by Crippen LogP contribution is 2.39. The van der Waals surface area contributed by atoms with Crippen LogP contribution in [0.5, 0.6) is 0 Å². The van der Waals surface area contributed by atoms with E-state index in [0.717, 1.165) is 17.5 Å². The van der Waals surface area contributed by atoms with Crippen molar-refractivity contribution in [3.8, 4) is 0 Å². The van der Waals surface area contributed by atoms with Gasteiger partial charge in [-0.25, -0.2) is 8.78 Å². The van der Waals surface area contributed by atoms with Crippen LogP contribution in [0.3, 0.4) is 0 Å². The Balaban J connectivity index is 1.81. The molecule has 7 heteroatoms. The lowest BCUT2D eigenvalue weighted by molar-refractivity contribution is -0.155. The van der Waals surface area contributed by atoms with Crippen molar-refractivity contribution in [3.05, 3.63) is 65.2 Å². The Labute approximate surface area is 188 Å². The minimum absolute atomic E-state index is 0.00356. The van der Waals surface area contributed by atoms with Gasteiger partial charge in [0.05, 0.1) is 18.8 Å². The lowest BCUT2D eigenvalue weighted by Gasteiger charge is -2.27. The average Bonchev–Trinajstić information content (AvgIpc) is 2.86. The van der Waals surface area contributed by atoms with Crippen molar-refractivity contribution in [1.29, 1.82) is 0 Å². The monoisotopic (exact) mass is 444 g/mol. The van der Waals surface area contributed by atoms with E-state index >= 15 is 0 Å². The van der Waals surface area contributed by atoms with E-state index < -0.39 is 17.4 Å². The molecule has 1 atom stereocenters. The van der Waals surface area contributed by atoms with E-state index in [0.29, 0.717) is 18.7 Å². The highest BCUT2D eigenvalue weighted by molar-refractivity contribution is 5.96. The van der Waals surface area contributed by atoms with E-state index in [1.54, 1.807) is 55.8 Å². The topological polar surface area (TPSA) is 49.9 Å². The van der Waals surface area contributed by atoms with Gasteiger partial charge in [0.1, 0.15) is 17.2 Å². The van der Waals surface area contributed by atoms with Gasteiger partial charge in [-0.05, 0) is 76.1 Å². The maximum absolute atomic E-state index is 14.2. The van der Waals surface area contributed by atoms with E-state index in [9.17, 15) is 18.4 Å². The highest BCUT2D eigenvalue weighted by atomic mass is 19.1. The molecule has 0 fully saturated rings. The summed E-state index contributed by atoms with van der Waals surface area (Å²) in [7, 11) is 1.67. The number of fused-ring (bicyclic) bond motifs is 1. The Morgan fingerprint density at radius 1 is 1.06 bits per heavy atom. The molecular weight excluding hydrogens is 414 g/mol. The van der Waals surface area contributed by atoms with Crippen molar-refractivity contribution in [2.24, 2.45) is 0 Å². The van der Waals surface area contributed by atoms with Gasteiger partial charge in [0.25, 0.3) is 0 Å². The van der Waals surface area contributed by atoms with Crippen LogP contribution < -0.4 is 4.90 Å². The van der Waals surface area contributed by atoms with Crippen LogP contribution in [0.2, 0.25) is 0 Å². The number of likely N-dealkylation sites (N-methyl/N-ethyl adjacent to an activating group) is 1. The Hall–Kier alpha value is -2.80. The van der Waals surface area contributed by atoms with E-state index in [4.69, 9.17) is 4.74 Å². The summed E-state index contributed by atoms with van der Waals surface area (Å²) < 4.78 is 32.9. The minimum atomic E-state index is -0.599. The number of anilines is 1. The van der Waals surface area contributed by atoms with Crippen LogP contribution in [0.4, 0.5) is 14.5 Å². The normalized spacial score (nSPS) is 16.5. The summed E-state index contributed by atoms with van der Waals surface area (Å²) in [6.07, 6.45) is 1.46. The number of esters is 1. The Morgan fingerprint density at radius 2 is 1.72 bits per heavy atom. The SMILES string of the molecule is CN(CC(=O)OC(C)(C)C)CC(=O)N1CCC[C@H](c2ccc(F)cc2)c2ccc(F)cc21. The molecule has 0 spiro atoms. The van der Waals surface area contributed by atoms with Crippen LogP contribution >= 0.6 is 0 Å². The molecule has 1 amide bonds. The van der Waals surface area contributed by atoms with Crippen LogP contribution in [0.25, 0.3) is 0 Å². The lowest BCUT2D eigenvalue weighted by Crippen LogP contribution is -2.42. The van der Waals surface area contributed by atoms with Gasteiger partial charge in [0.2, 0.25) is 5.91 Å². The molecule has 172 valence electrons. The molecule has 2 aromatic rings. The van der Waals surface area contributed by atoms with E-state index in [2.05, 4.69) is 0 Å². The van der Waals surface area contributed by atoms with Crippen LogP contribution in [0, 0.1) is 11.6 Å². The maximum Gasteiger partial charge on any atom is 0.320 e. The molecule has 5 nitrogen and oxygen atoms in total. The third kappa shape index (κ3) is 6.13. The van der Waals surface area contributed by atoms with Crippen molar-refractivity contribution in [1.82, 2.24) is 4.90 Å². The third-order valence-electron chi connectivity index (χ3n) is 5.33. The molecule has 0 saturated heterocycles. The van der Waals surface area contributed by atoms with Crippen LogP contribution in [-0.4, -0.2) is 49.1 Å². The first-order valence-corrected chi connectivity index (χ1v) is 10.8. The molecular formula is C25H30F2N2O3. The molecule has 32 heavy (non-hydrogen) atoms. The molecule has 0 unspecified atom stereocenters. The van der Waals surface area contributed by atoms with Crippen molar-refractivity contribution in [3.63, 3.8) is 0 Å². The third-order valence-corrected chi connectivity index (χ3v) is 5.33. The Morgan fingerprint density at radius 3 is 2.38 bits per heavy atom. The van der Waals surface area contributed by atoms with E-state index in [1.807, 2.05) is 0 Å². The lowest BCUT2D eigenvalue weighted by atomic mass is 9.87. The summed E-state index contributed by atoms with van der Waals surface area (Å²) in [5.74, 6) is -1.44. The first-order chi connectivity index (χ1) is 15.0. The number of rotatable bonds is 5. The number of nitrogens with zero attached hydrogens (tertiary/aromatic N) is 2. The fraction of sp³-hybridized carbons (Fsp3) is 0.440. The fourth-order valence-electron chi connectivity index (χ4n) is 4.04. The zero-order valence-electron chi connectivity index (χ0n) is 19.0. The molecule has 1 aliphatic heterocycles. The number of ether oxygens (including phenoxy) is 1. The Kier molecular flexibility index (Phi) is 7.29. The minimum Gasteiger partial charge on any atom is -0.459 e. The van der Waals surface area contributed by atoms with Crippen molar-refractivity contribution in [2.75, 3.05) is 31.6 Å². The number of benzene rings is 2. The fourth-order valence-corrected chi connectivity index (χ4v) is 4.04. The summed E-state index contributed by atoms with van der Waals surface area (Å²) in [4.78, 5) is 28.4. The molecule has 0 saturated carbocycles. The van der Waals surface area contributed by atoms with E-state index in [1.165, 1.54) is 24.3 Å². The maximum atomic E-state index is 14.2. The van der Waals surface area contributed by atoms with E-state index in [-0.39, 0.29) is 30.7 Å². The van der Waals surface area contributed by atoms with Crippen molar-refractivity contribution >= 4 is 17.6 Å². The first-order valence-electron chi connectivity index (χ1n) is 10.8. The molecule has 0 bridgehead atoms. The molecule has 1 aliphatic rings. The zero-order valence-corrected chi connectivity index (χ0v) is 19.0. The Bertz CT molecular complexity index is 970. The molecule has 0 aliphatic carbocycles. The molecule has 3 rings (SSSR count). The van der Waals surface area contributed by atoms with Gasteiger partial charge in [-0.1, -0.05) is 18.2 Å². The quantitative estimate of drug-likeness (QED) is 0.638. The molecule has 2 aromatic carbocycles. The van der Waals surface area contributed by atoms with Gasteiger partial charge in [-0.3, -0.25) is 14.5 Å². The smallest absolute Gasteiger partial charge is 0.320 e. The molecule has 0 aromatic heterocycles. The van der Waals surface area contributed by atoms with Crippen molar-refractivity contribution < 1.29 is 23.1 Å². The number of amides is 1. The zero-order chi connectivity index (χ0) is 23.5. The second-order valence-electron chi connectivity index (χ2n) is 9.25. The van der Waals surface area contributed by atoms with Crippen molar-refractivity contribution in [2.45, 2.75) is 45.1 Å². The van der Waals surface area contributed by atoms with Crippen LogP contribution in [0.1, 0.15) is 50.7 Å². The average molecular weight is 445 g/mol. The molecule has 1 heterocycles. The first kappa shape index (κ1) is 23.9. The summed E-state index contributed by atoms with van der Waals surface area (Å²) >= 11 is 0. The summed E-state index contributed by atoms with van der Waals surface area (Å²) in [5, 5.41) is 0.